The quantitative estimate of drug-likeness (QED) is 0.709. The van der Waals surface area contributed by atoms with Crippen LogP contribution < -0.4 is 15.4 Å². The van der Waals surface area contributed by atoms with Crippen molar-refractivity contribution in [3.8, 4) is 5.75 Å². The van der Waals surface area contributed by atoms with Crippen LogP contribution in [0.1, 0.15) is 24.4 Å². The molecule has 2 aromatic heterocycles. The molecule has 1 amide bonds. The summed E-state index contributed by atoms with van der Waals surface area (Å²) in [5.41, 5.74) is 0.790. The van der Waals surface area contributed by atoms with Gasteiger partial charge in [-0.2, -0.15) is 0 Å². The first-order valence-corrected chi connectivity index (χ1v) is 7.83. The van der Waals surface area contributed by atoms with Gasteiger partial charge in [0, 0.05) is 0 Å². The highest BCUT2D eigenvalue weighted by Gasteiger charge is 2.10. The minimum Gasteiger partial charge on any atom is -0.489 e. The van der Waals surface area contributed by atoms with Crippen molar-refractivity contribution in [3.05, 3.63) is 60.6 Å². The predicted molar refractivity (Wildman–Crippen MR) is 94.2 cm³/mol. The molecule has 2 N–H and O–H groups in total. The number of amides is 1. The zero-order chi connectivity index (χ0) is 17.6. The van der Waals surface area contributed by atoms with Gasteiger partial charge in [0.15, 0.2) is 17.4 Å². The Morgan fingerprint density at radius 3 is 2.48 bits per heavy atom. The molecule has 0 atom stereocenters. The maximum absolute atomic E-state index is 11.9. The van der Waals surface area contributed by atoms with E-state index in [1.807, 2.05) is 38.1 Å². The van der Waals surface area contributed by atoms with Crippen LogP contribution in [0.5, 0.6) is 5.75 Å². The van der Waals surface area contributed by atoms with Crippen LogP contribution in [0, 0.1) is 0 Å². The van der Waals surface area contributed by atoms with Crippen LogP contribution >= 0.6 is 0 Å². The average Bonchev–Trinajstić information content (AvgIpc) is 3.13. The summed E-state index contributed by atoms with van der Waals surface area (Å²) in [7, 11) is 0. The number of nitrogens with one attached hydrogen (secondary N) is 2. The first-order valence-electron chi connectivity index (χ1n) is 7.83. The molecule has 0 fully saturated rings. The lowest BCUT2D eigenvalue weighted by Gasteiger charge is -2.14. The first-order chi connectivity index (χ1) is 12.1. The van der Waals surface area contributed by atoms with E-state index in [0.29, 0.717) is 11.6 Å². The normalized spacial score (nSPS) is 10.5. The van der Waals surface area contributed by atoms with Gasteiger partial charge in [-0.15, -0.1) is 10.2 Å². The monoisotopic (exact) mass is 338 g/mol. The van der Waals surface area contributed by atoms with E-state index in [2.05, 4.69) is 20.8 Å². The van der Waals surface area contributed by atoms with Crippen LogP contribution in [0.15, 0.2) is 59.2 Å². The number of aromatic nitrogens is 2. The van der Waals surface area contributed by atoms with E-state index in [9.17, 15) is 4.79 Å². The number of carbonyl (C=O) groups is 1. The number of benzene rings is 1. The summed E-state index contributed by atoms with van der Waals surface area (Å²) >= 11 is 0. The topological polar surface area (TPSA) is 89.3 Å². The van der Waals surface area contributed by atoms with E-state index in [1.54, 1.807) is 24.3 Å². The Labute approximate surface area is 145 Å². The fourth-order valence-electron chi connectivity index (χ4n) is 2.12. The van der Waals surface area contributed by atoms with Gasteiger partial charge in [0.05, 0.1) is 18.1 Å². The van der Waals surface area contributed by atoms with E-state index >= 15 is 0 Å². The van der Waals surface area contributed by atoms with E-state index in [0.717, 1.165) is 11.4 Å². The number of nitrogens with zero attached hydrogens (tertiary/aromatic N) is 2. The molecule has 7 heteroatoms. The van der Waals surface area contributed by atoms with E-state index < -0.39 is 0 Å². The number of ether oxygens (including phenoxy) is 1. The molecule has 0 aliphatic rings. The molecule has 0 aliphatic carbocycles. The zero-order valence-corrected chi connectivity index (χ0v) is 13.9. The molecule has 25 heavy (non-hydrogen) atoms. The van der Waals surface area contributed by atoms with Crippen molar-refractivity contribution in [1.82, 2.24) is 10.2 Å². The predicted octanol–water partition coefficient (Wildman–Crippen LogP) is 3.85. The fourth-order valence-corrected chi connectivity index (χ4v) is 2.12. The fraction of sp³-hybridized carbons (Fsp3) is 0.167. The number of hydrogen-bond acceptors (Lipinski definition) is 6. The van der Waals surface area contributed by atoms with Crippen molar-refractivity contribution in [2.45, 2.75) is 20.0 Å². The lowest BCUT2D eigenvalue weighted by molar-refractivity contribution is 0.0996. The lowest BCUT2D eigenvalue weighted by Crippen LogP contribution is -2.12. The Balaban J connectivity index is 1.68. The van der Waals surface area contributed by atoms with Crippen molar-refractivity contribution >= 4 is 23.2 Å². The molecule has 2 heterocycles. The van der Waals surface area contributed by atoms with Gasteiger partial charge in [0.1, 0.15) is 5.75 Å². The van der Waals surface area contributed by atoms with E-state index in [-0.39, 0.29) is 17.8 Å². The number of para-hydroxylation sites is 2. The smallest absolute Gasteiger partial charge is 0.292 e. The van der Waals surface area contributed by atoms with Crippen LogP contribution in [0.2, 0.25) is 0 Å². The summed E-state index contributed by atoms with van der Waals surface area (Å²) in [4.78, 5) is 11.9. The molecule has 0 unspecified atom stereocenters. The van der Waals surface area contributed by atoms with Crippen LogP contribution in [0.25, 0.3) is 0 Å². The first kappa shape index (κ1) is 16.5. The Hall–Kier alpha value is -3.35. The third-order valence-electron chi connectivity index (χ3n) is 3.16. The van der Waals surface area contributed by atoms with Gasteiger partial charge in [-0.1, -0.05) is 12.1 Å². The maximum Gasteiger partial charge on any atom is 0.292 e. The maximum atomic E-state index is 11.9. The number of rotatable bonds is 6. The van der Waals surface area contributed by atoms with E-state index in [4.69, 9.17) is 9.15 Å². The molecule has 1 aromatic carbocycles. The molecular weight excluding hydrogens is 320 g/mol. The van der Waals surface area contributed by atoms with Crippen molar-refractivity contribution in [2.24, 2.45) is 0 Å². The minimum atomic E-state index is -0.379. The third-order valence-corrected chi connectivity index (χ3v) is 3.16. The summed E-state index contributed by atoms with van der Waals surface area (Å²) < 4.78 is 10.8. The largest absolute Gasteiger partial charge is 0.489 e. The van der Waals surface area contributed by atoms with Gasteiger partial charge in [-0.05, 0) is 50.2 Å². The van der Waals surface area contributed by atoms with Crippen LogP contribution in [-0.2, 0) is 0 Å². The summed E-state index contributed by atoms with van der Waals surface area (Å²) in [6, 6.07) is 14.2. The standard InChI is InChI=1S/C18H18N4O3/c1-12(2)25-14-7-4-3-6-13(14)19-16-9-10-17(22-21-16)20-18(23)15-8-5-11-24-15/h3-12H,1-2H3,(H,19,21)(H,20,22,23). The van der Waals surface area contributed by atoms with Gasteiger partial charge >= 0.3 is 0 Å². The van der Waals surface area contributed by atoms with Crippen LogP contribution in [0.3, 0.4) is 0 Å². The number of anilines is 3. The SMILES string of the molecule is CC(C)Oc1ccccc1Nc1ccc(NC(=O)c2ccco2)nn1. The number of carbonyl (C=O) groups excluding carboxylic acids is 1. The highest BCUT2D eigenvalue weighted by molar-refractivity contribution is 6.01. The highest BCUT2D eigenvalue weighted by atomic mass is 16.5. The van der Waals surface area contributed by atoms with Gasteiger partial charge in [-0.3, -0.25) is 4.79 Å². The van der Waals surface area contributed by atoms with Crippen LogP contribution in [0.4, 0.5) is 17.3 Å². The molecular formula is C18H18N4O3. The average molecular weight is 338 g/mol. The summed E-state index contributed by atoms with van der Waals surface area (Å²) in [5, 5.41) is 13.8. The molecule has 3 rings (SSSR count). The molecule has 3 aromatic rings. The molecule has 0 aliphatic heterocycles. The molecule has 0 radical (unpaired) electrons. The zero-order valence-electron chi connectivity index (χ0n) is 13.9. The Kier molecular flexibility index (Phi) is 4.94. The summed E-state index contributed by atoms with van der Waals surface area (Å²) in [6.07, 6.45) is 1.50. The Bertz CT molecular complexity index is 830. The van der Waals surface area contributed by atoms with Crippen molar-refractivity contribution < 1.29 is 13.9 Å². The van der Waals surface area contributed by atoms with Crippen LogP contribution in [-0.4, -0.2) is 22.2 Å². The molecule has 7 nitrogen and oxygen atoms in total. The van der Waals surface area contributed by atoms with Crippen molar-refractivity contribution in [3.63, 3.8) is 0 Å². The summed E-state index contributed by atoms with van der Waals surface area (Å²) in [5.74, 6) is 1.43. The summed E-state index contributed by atoms with van der Waals surface area (Å²) in [6.45, 7) is 3.93. The lowest BCUT2D eigenvalue weighted by atomic mass is 10.3. The van der Waals surface area contributed by atoms with Gasteiger partial charge in [-0.25, -0.2) is 0 Å². The molecule has 0 bridgehead atoms. The minimum absolute atomic E-state index is 0.0632. The second kappa shape index (κ2) is 7.48. The molecule has 128 valence electrons. The second-order valence-corrected chi connectivity index (χ2v) is 5.52. The van der Waals surface area contributed by atoms with E-state index in [1.165, 1.54) is 6.26 Å². The second-order valence-electron chi connectivity index (χ2n) is 5.52. The van der Waals surface area contributed by atoms with Crippen molar-refractivity contribution in [1.29, 1.82) is 0 Å². The third kappa shape index (κ3) is 4.35. The number of hydrogen-bond donors (Lipinski definition) is 2. The molecule has 0 saturated carbocycles. The Morgan fingerprint density at radius 1 is 1.04 bits per heavy atom. The highest BCUT2D eigenvalue weighted by Crippen LogP contribution is 2.27. The Morgan fingerprint density at radius 2 is 1.80 bits per heavy atom. The van der Waals surface area contributed by atoms with Gasteiger partial charge in [0.2, 0.25) is 0 Å². The number of furan rings is 1. The van der Waals surface area contributed by atoms with Gasteiger partial charge < -0.3 is 19.8 Å². The molecule has 0 saturated heterocycles. The van der Waals surface area contributed by atoms with Gasteiger partial charge in [0.25, 0.3) is 5.91 Å². The molecule has 0 spiro atoms. The van der Waals surface area contributed by atoms with Crippen molar-refractivity contribution in [2.75, 3.05) is 10.6 Å².